The number of likely N-dealkylation sites (tertiary alicyclic amines) is 1. The molecule has 1 rings (SSSR count). The number of rotatable bonds is 0. The van der Waals surface area contributed by atoms with E-state index in [1.165, 1.54) is 18.5 Å². The quantitative estimate of drug-likeness (QED) is 0.417. The van der Waals surface area contributed by atoms with Gasteiger partial charge in [0.2, 0.25) is 0 Å². The molecule has 0 N–H and O–H groups in total. The average Bonchev–Trinajstić information content (AvgIpc) is 1.58. The zero-order valence-electron chi connectivity index (χ0n) is 9.36. The summed E-state index contributed by atoms with van der Waals surface area (Å²) in [4.78, 5) is 2.41. The third-order valence-corrected chi connectivity index (χ3v) is 1.95. The van der Waals surface area contributed by atoms with E-state index in [-0.39, 0.29) is 58.2 Å². The van der Waals surface area contributed by atoms with Crippen LogP contribution < -0.4 is 58.2 Å². The molecule has 62 valence electrons. The Hall–Kier alpha value is 0.765. The van der Waals surface area contributed by atoms with E-state index in [0.717, 1.165) is 0 Å². The molecule has 0 unspecified atom stereocenters. The van der Waals surface area contributed by atoms with E-state index in [9.17, 15) is 0 Å². The molecule has 0 aromatic carbocycles. The molecule has 0 atom stereocenters. The summed E-state index contributed by atoms with van der Waals surface area (Å²) in [5, 5.41) is 0. The van der Waals surface area contributed by atoms with Gasteiger partial charge >= 0.3 is 58.2 Å². The fraction of sp³-hybridized carbons (Fsp3) is 0.778. The summed E-state index contributed by atoms with van der Waals surface area (Å²) in [5.74, 6) is 0. The van der Waals surface area contributed by atoms with Gasteiger partial charge in [-0.3, -0.25) is 6.42 Å². The molecule has 0 radical (unpaired) electrons. The smallest absolute Gasteiger partial charge is 0.600 e. The molecule has 1 aliphatic heterocycles. The SMILES string of the molecule is C[C-]1C[C-](C)N1C(C)(C)C.[Rb+].[Rf]. The summed E-state index contributed by atoms with van der Waals surface area (Å²) in [6, 6.07) is 3.01. The molecule has 0 spiro atoms. The van der Waals surface area contributed by atoms with Gasteiger partial charge in [0, 0.05) is 0 Å². The van der Waals surface area contributed by atoms with Crippen molar-refractivity contribution in [1.29, 1.82) is 0 Å². The Morgan fingerprint density at radius 1 is 1.08 bits per heavy atom. The van der Waals surface area contributed by atoms with Crippen molar-refractivity contribution in [3.05, 3.63) is 12.1 Å². The van der Waals surface area contributed by atoms with Gasteiger partial charge in [0.05, 0.1) is 0 Å². The van der Waals surface area contributed by atoms with Crippen LogP contribution in [0.15, 0.2) is 0 Å². The minimum atomic E-state index is 0. The van der Waals surface area contributed by atoms with Crippen LogP contribution in [0, 0.1) is 12.1 Å². The Balaban J connectivity index is 0. The van der Waals surface area contributed by atoms with Crippen LogP contribution in [0.25, 0.3) is 0 Å². The van der Waals surface area contributed by atoms with Crippen LogP contribution in [-0.4, -0.2) is 10.4 Å². The van der Waals surface area contributed by atoms with Gasteiger partial charge in [0.1, 0.15) is 0 Å². The Morgan fingerprint density at radius 3 is 1.50 bits per heavy atom. The number of hydrogen-bond acceptors (Lipinski definition) is 1. The van der Waals surface area contributed by atoms with Crippen LogP contribution in [0.3, 0.4) is 0 Å². The van der Waals surface area contributed by atoms with Crippen molar-refractivity contribution in [3.63, 3.8) is 0 Å². The summed E-state index contributed by atoms with van der Waals surface area (Å²) in [6.07, 6.45) is 1.21. The number of nitrogens with zero attached hydrogens (tertiary/aromatic N) is 1. The van der Waals surface area contributed by atoms with Gasteiger partial charge < -0.3 is 17.0 Å². The molecule has 0 saturated carbocycles. The molecule has 0 aromatic heterocycles. The molecular weight excluding hydrogens is 475 g/mol. The maximum absolute atomic E-state index is 2.41. The van der Waals surface area contributed by atoms with Gasteiger partial charge in [-0.15, -0.1) is 0 Å². The van der Waals surface area contributed by atoms with Gasteiger partial charge in [0.15, 0.2) is 0 Å². The first-order valence-electron chi connectivity index (χ1n) is 3.88. The second-order valence-electron chi connectivity index (χ2n) is 4.15. The van der Waals surface area contributed by atoms with Crippen molar-refractivity contribution < 1.29 is 58.2 Å². The van der Waals surface area contributed by atoms with E-state index in [2.05, 4.69) is 39.5 Å². The molecule has 1 heterocycles. The normalized spacial score (nSPS) is 20.8. The summed E-state index contributed by atoms with van der Waals surface area (Å²) < 4.78 is 0. The van der Waals surface area contributed by atoms with Crippen LogP contribution in [0.4, 0.5) is 0 Å². The Bertz CT molecular complexity index is 125. The molecule has 0 aliphatic carbocycles. The minimum absolute atomic E-state index is 0. The second kappa shape index (κ2) is 4.85. The van der Waals surface area contributed by atoms with Crippen molar-refractivity contribution >= 4 is 0 Å². The number of hydrogen-bond donors (Lipinski definition) is 0. The van der Waals surface area contributed by atoms with E-state index in [4.69, 9.17) is 0 Å². The molecule has 12 heavy (non-hydrogen) atoms. The van der Waals surface area contributed by atoms with Crippen LogP contribution in [0.5, 0.6) is 0 Å². The van der Waals surface area contributed by atoms with Gasteiger partial charge in [0.25, 0.3) is 0 Å². The summed E-state index contributed by atoms with van der Waals surface area (Å²) in [5.41, 5.74) is 0.298. The zero-order chi connectivity index (χ0) is 7.94. The van der Waals surface area contributed by atoms with Gasteiger partial charge in [-0.1, -0.05) is 20.8 Å². The molecule has 0 bridgehead atoms. The summed E-state index contributed by atoms with van der Waals surface area (Å²) in [6.45, 7) is 11.2. The molecule has 3 heteroatoms. The molecule has 0 amide bonds. The monoisotopic (exact) mass is 491 g/mol. The predicted octanol–water partition coefficient (Wildman–Crippen LogP) is -0.402. The third kappa shape index (κ3) is 2.92. The van der Waals surface area contributed by atoms with Crippen molar-refractivity contribution in [2.75, 3.05) is 0 Å². The van der Waals surface area contributed by atoms with Crippen molar-refractivity contribution in [3.8, 4) is 0 Å². The summed E-state index contributed by atoms with van der Waals surface area (Å²) in [7, 11) is 0. The van der Waals surface area contributed by atoms with Crippen LogP contribution in [0.1, 0.15) is 41.0 Å². The Labute approximate surface area is 120 Å². The Morgan fingerprint density at radius 2 is 1.42 bits per heavy atom. The van der Waals surface area contributed by atoms with Crippen LogP contribution in [0.2, 0.25) is 0 Å². The second-order valence-corrected chi connectivity index (χ2v) is 4.15. The fourth-order valence-corrected chi connectivity index (χ4v) is 1.91. The predicted molar refractivity (Wildman–Crippen MR) is 44.0 cm³/mol. The molecule has 1 aliphatic rings. The van der Waals surface area contributed by atoms with Crippen molar-refractivity contribution in [2.45, 2.75) is 46.6 Å². The summed E-state index contributed by atoms with van der Waals surface area (Å²) >= 11 is 0. The first-order valence-corrected chi connectivity index (χ1v) is 3.88. The topological polar surface area (TPSA) is 3.24 Å². The maximum Gasteiger partial charge on any atom is 1.00 e. The van der Waals surface area contributed by atoms with Crippen LogP contribution >= 0.6 is 0 Å². The minimum Gasteiger partial charge on any atom is -0.600 e. The first kappa shape index (κ1) is 15.2. The maximum atomic E-state index is 2.41. The molecule has 0 aromatic rings. The standard InChI is InChI=1S/C9H17N.Rb.Rf/c1-7-6-8(2)10(7)9(3,4)5;;/h6H2,1-5H3;;/q-2;+1;. The van der Waals surface area contributed by atoms with E-state index in [1.807, 2.05) is 0 Å². The molecule has 1 nitrogen and oxygen atoms in total. The van der Waals surface area contributed by atoms with E-state index < -0.39 is 0 Å². The molecular formula is C9H17NRbRf-. The average molecular weight is 492 g/mol. The van der Waals surface area contributed by atoms with Crippen molar-refractivity contribution in [1.82, 2.24) is 4.90 Å². The Kier molecular flexibility index (Phi) is 6.16. The van der Waals surface area contributed by atoms with Gasteiger partial charge in [-0.2, -0.15) is 13.8 Å². The fourth-order valence-electron chi connectivity index (χ4n) is 1.91. The van der Waals surface area contributed by atoms with Crippen LogP contribution in [-0.2, 0) is 0 Å². The molecule has 1 fully saturated rings. The molecule has 1 saturated heterocycles. The largest absolute Gasteiger partial charge is 1.00 e. The van der Waals surface area contributed by atoms with Gasteiger partial charge in [-0.05, 0) is 5.54 Å². The van der Waals surface area contributed by atoms with E-state index in [0.29, 0.717) is 5.54 Å². The van der Waals surface area contributed by atoms with E-state index >= 15 is 0 Å². The first-order chi connectivity index (χ1) is 4.43. The van der Waals surface area contributed by atoms with Gasteiger partial charge in [-0.25, -0.2) is 0 Å². The zero-order valence-corrected chi connectivity index (χ0v) is 20.7. The van der Waals surface area contributed by atoms with E-state index in [1.54, 1.807) is 0 Å². The van der Waals surface area contributed by atoms with Crippen molar-refractivity contribution in [2.24, 2.45) is 0 Å². The third-order valence-electron chi connectivity index (χ3n) is 1.95.